The minimum Gasteiger partial charge on any atom is -0.382 e. The molecule has 2 aromatic carbocycles. The van der Waals surface area contributed by atoms with Crippen molar-refractivity contribution >= 4 is 37.8 Å². The lowest BCUT2D eigenvalue weighted by Crippen LogP contribution is -2.28. The predicted octanol–water partition coefficient (Wildman–Crippen LogP) is 4.79. The molecule has 0 aliphatic heterocycles. The van der Waals surface area contributed by atoms with E-state index in [0.29, 0.717) is 17.9 Å². The summed E-state index contributed by atoms with van der Waals surface area (Å²) in [6.45, 7) is 9.13. The summed E-state index contributed by atoms with van der Waals surface area (Å²) in [6, 6.07) is 14.9. The summed E-state index contributed by atoms with van der Waals surface area (Å²) in [5, 5.41) is 0.961. The van der Waals surface area contributed by atoms with Crippen LogP contribution in [0.5, 0.6) is 0 Å². The van der Waals surface area contributed by atoms with Gasteiger partial charge in [-0.05, 0) is 35.6 Å². The molecule has 2 aromatic heterocycles. The third kappa shape index (κ3) is 4.79. The van der Waals surface area contributed by atoms with Gasteiger partial charge in [0.2, 0.25) is 10.0 Å². The minimum atomic E-state index is -3.63. The van der Waals surface area contributed by atoms with Crippen molar-refractivity contribution in [2.45, 2.75) is 63.8 Å². The van der Waals surface area contributed by atoms with Crippen LogP contribution < -0.4 is 10.5 Å². The van der Waals surface area contributed by atoms with Crippen molar-refractivity contribution in [1.82, 2.24) is 19.3 Å². The molecule has 4 aromatic rings. The summed E-state index contributed by atoms with van der Waals surface area (Å²) in [4.78, 5) is 9.58. The highest BCUT2D eigenvalue weighted by molar-refractivity contribution is 7.89. The highest BCUT2D eigenvalue weighted by atomic mass is 32.2. The normalized spacial score (nSPS) is 12.6. The summed E-state index contributed by atoms with van der Waals surface area (Å²) >= 11 is 0. The number of nitrogen functional groups attached to an aromatic ring is 1. The maximum Gasteiger partial charge on any atom is 0.240 e. The highest BCUT2D eigenvalue weighted by Gasteiger charge is 2.20. The second kappa shape index (κ2) is 9.35. The third-order valence-corrected chi connectivity index (χ3v) is 7.58. The molecule has 0 aliphatic carbocycles. The average Bonchev–Trinajstić information content (AvgIpc) is 3.16. The van der Waals surface area contributed by atoms with Gasteiger partial charge >= 0.3 is 0 Å². The van der Waals surface area contributed by atoms with Gasteiger partial charge in [0.25, 0.3) is 0 Å². The van der Waals surface area contributed by atoms with E-state index in [0.717, 1.165) is 47.1 Å². The number of unbranched alkanes of at least 4 members (excludes halogenated alkanes) is 1. The van der Waals surface area contributed by atoms with Gasteiger partial charge in [-0.1, -0.05) is 64.4 Å². The molecule has 8 heteroatoms. The number of hydrogen-bond acceptors (Lipinski definition) is 5. The number of aryl methyl sites for hydroxylation is 1. The predicted molar refractivity (Wildman–Crippen MR) is 138 cm³/mol. The van der Waals surface area contributed by atoms with E-state index in [-0.39, 0.29) is 16.9 Å². The van der Waals surface area contributed by atoms with E-state index in [1.807, 2.05) is 36.4 Å². The molecule has 0 radical (unpaired) electrons. The van der Waals surface area contributed by atoms with Gasteiger partial charge in [0.1, 0.15) is 11.3 Å². The van der Waals surface area contributed by atoms with Crippen LogP contribution in [0, 0.1) is 0 Å². The van der Waals surface area contributed by atoms with Crippen molar-refractivity contribution in [1.29, 1.82) is 0 Å². The number of anilines is 1. The summed E-state index contributed by atoms with van der Waals surface area (Å²) < 4.78 is 30.7. The Morgan fingerprint density at radius 3 is 2.41 bits per heavy atom. The lowest BCUT2D eigenvalue weighted by atomic mass is 9.87. The first-order valence-corrected chi connectivity index (χ1v) is 13.2. The topological polar surface area (TPSA) is 103 Å². The van der Waals surface area contributed by atoms with Crippen molar-refractivity contribution in [3.05, 3.63) is 59.9 Å². The fourth-order valence-electron chi connectivity index (χ4n) is 4.18. The number of nitrogens with zero attached hydrogens (tertiary/aromatic N) is 3. The summed E-state index contributed by atoms with van der Waals surface area (Å²) in [5.74, 6) is 1.29. The maximum atomic E-state index is 12.9. The fraction of sp³-hybridized carbons (Fsp3) is 0.385. The molecule has 0 bridgehead atoms. The lowest BCUT2D eigenvalue weighted by Gasteiger charge is -2.19. The monoisotopic (exact) mass is 479 g/mol. The molecule has 0 aliphatic rings. The molecular weight excluding hydrogens is 446 g/mol. The Balaban J connectivity index is 1.63. The Kier molecular flexibility index (Phi) is 6.64. The lowest BCUT2D eigenvalue weighted by molar-refractivity contribution is 0.568. The molecule has 0 atom stereocenters. The molecule has 4 rings (SSSR count). The number of rotatable bonds is 8. The molecule has 0 saturated carbocycles. The Bertz CT molecular complexity index is 1420. The Morgan fingerprint density at radius 1 is 1.03 bits per heavy atom. The van der Waals surface area contributed by atoms with Crippen molar-refractivity contribution < 1.29 is 8.42 Å². The minimum absolute atomic E-state index is 0.0352. The molecule has 3 N–H and O–H groups in total. The number of hydrogen-bond donors (Lipinski definition) is 2. The SMILES string of the molecule is CCCCc1nc2c(N)nc3ccccc3c2n1CCNS(=O)(=O)c1ccc(C(C)(C)C)cc1. The number of para-hydroxylation sites is 1. The Morgan fingerprint density at radius 2 is 1.74 bits per heavy atom. The van der Waals surface area contributed by atoms with Crippen molar-refractivity contribution in [3.63, 3.8) is 0 Å². The van der Waals surface area contributed by atoms with Crippen LogP contribution in [0.25, 0.3) is 21.9 Å². The van der Waals surface area contributed by atoms with Gasteiger partial charge < -0.3 is 10.3 Å². The van der Waals surface area contributed by atoms with Gasteiger partial charge in [0.05, 0.1) is 15.9 Å². The van der Waals surface area contributed by atoms with Crippen molar-refractivity contribution in [2.24, 2.45) is 0 Å². The van der Waals surface area contributed by atoms with E-state index in [2.05, 4.69) is 42.0 Å². The summed E-state index contributed by atoms with van der Waals surface area (Å²) in [7, 11) is -3.63. The smallest absolute Gasteiger partial charge is 0.240 e. The van der Waals surface area contributed by atoms with E-state index in [1.165, 1.54) is 0 Å². The van der Waals surface area contributed by atoms with Gasteiger partial charge in [0, 0.05) is 24.9 Å². The quantitative estimate of drug-likeness (QED) is 0.378. The summed E-state index contributed by atoms with van der Waals surface area (Å²) in [5.41, 5.74) is 9.69. The zero-order valence-corrected chi connectivity index (χ0v) is 21.1. The van der Waals surface area contributed by atoms with Gasteiger partial charge in [-0.2, -0.15) is 0 Å². The molecule has 2 heterocycles. The van der Waals surface area contributed by atoms with Gasteiger partial charge in [-0.3, -0.25) is 0 Å². The molecule has 0 saturated heterocycles. The molecule has 7 nitrogen and oxygen atoms in total. The van der Waals surface area contributed by atoms with E-state index in [9.17, 15) is 8.42 Å². The van der Waals surface area contributed by atoms with E-state index < -0.39 is 10.0 Å². The highest BCUT2D eigenvalue weighted by Crippen LogP contribution is 2.29. The van der Waals surface area contributed by atoms with Gasteiger partial charge in [0.15, 0.2) is 5.82 Å². The van der Waals surface area contributed by atoms with Crippen LogP contribution in [0.3, 0.4) is 0 Å². The molecule has 0 amide bonds. The number of nitrogens with two attached hydrogens (primary N) is 1. The molecule has 34 heavy (non-hydrogen) atoms. The Hall–Kier alpha value is -2.97. The second-order valence-corrected chi connectivity index (χ2v) is 11.4. The third-order valence-electron chi connectivity index (χ3n) is 6.10. The molecule has 180 valence electrons. The summed E-state index contributed by atoms with van der Waals surface area (Å²) in [6.07, 6.45) is 2.81. The average molecular weight is 480 g/mol. The first-order valence-electron chi connectivity index (χ1n) is 11.8. The molecule has 0 spiro atoms. The van der Waals surface area contributed by atoms with E-state index in [4.69, 9.17) is 10.7 Å². The van der Waals surface area contributed by atoms with Crippen LogP contribution in [0.1, 0.15) is 51.9 Å². The molecule has 0 unspecified atom stereocenters. The number of sulfonamides is 1. The maximum absolute atomic E-state index is 12.9. The van der Waals surface area contributed by atoms with E-state index in [1.54, 1.807) is 12.1 Å². The number of pyridine rings is 1. The number of fused-ring (bicyclic) bond motifs is 3. The van der Waals surface area contributed by atoms with E-state index >= 15 is 0 Å². The largest absolute Gasteiger partial charge is 0.382 e. The van der Waals surface area contributed by atoms with Crippen LogP contribution in [-0.4, -0.2) is 29.5 Å². The number of aromatic nitrogens is 3. The van der Waals surface area contributed by atoms with Crippen molar-refractivity contribution in [3.8, 4) is 0 Å². The zero-order valence-electron chi connectivity index (χ0n) is 20.3. The number of nitrogens with one attached hydrogen (secondary N) is 1. The van der Waals surface area contributed by atoms with Gasteiger partial charge in [-0.25, -0.2) is 23.1 Å². The first-order chi connectivity index (χ1) is 16.1. The van der Waals surface area contributed by atoms with Crippen LogP contribution in [0.4, 0.5) is 5.82 Å². The molecule has 0 fully saturated rings. The fourth-order valence-corrected chi connectivity index (χ4v) is 5.20. The number of imidazole rings is 1. The molecular formula is C26H33N5O2S. The van der Waals surface area contributed by atoms with Crippen LogP contribution in [0.15, 0.2) is 53.4 Å². The zero-order chi connectivity index (χ0) is 24.5. The Labute approximate surface area is 201 Å². The first kappa shape index (κ1) is 24.2. The van der Waals surface area contributed by atoms with Gasteiger partial charge in [-0.15, -0.1) is 0 Å². The van der Waals surface area contributed by atoms with Crippen LogP contribution in [-0.2, 0) is 28.4 Å². The number of benzene rings is 2. The van der Waals surface area contributed by atoms with Crippen LogP contribution >= 0.6 is 0 Å². The standard InChI is InChI=1S/C26H33N5O2S/c1-5-6-11-22-30-23-24(20-9-7-8-10-21(20)29-25(23)27)31(22)17-16-28-34(32,33)19-14-12-18(13-15-19)26(2,3)4/h7-10,12-15,28H,5-6,11,16-17H2,1-4H3,(H2,27,29). The van der Waals surface area contributed by atoms with Crippen LogP contribution in [0.2, 0.25) is 0 Å². The second-order valence-electron chi connectivity index (χ2n) is 9.67. The van der Waals surface area contributed by atoms with Crippen molar-refractivity contribution in [2.75, 3.05) is 12.3 Å².